The Balaban J connectivity index is 2.97. The molecule has 0 fully saturated rings. The Kier molecular flexibility index (Phi) is 9.82. The molecule has 0 saturated heterocycles. The molecule has 0 aliphatic rings. The number of hydrogen-bond acceptors (Lipinski definition) is 4. The zero-order chi connectivity index (χ0) is 22.9. The predicted octanol–water partition coefficient (Wildman–Crippen LogP) is 3.63. The van der Waals surface area contributed by atoms with E-state index >= 15 is 0 Å². The summed E-state index contributed by atoms with van der Waals surface area (Å²) in [5.74, 6) is -0.608. The van der Waals surface area contributed by atoms with Crippen molar-refractivity contribution >= 4 is 17.9 Å². The Morgan fingerprint density at radius 1 is 1.10 bits per heavy atom. The molecule has 0 spiro atoms. The van der Waals surface area contributed by atoms with Crippen molar-refractivity contribution in [1.82, 2.24) is 15.5 Å². The van der Waals surface area contributed by atoms with Crippen molar-refractivity contribution in [3.8, 4) is 0 Å². The van der Waals surface area contributed by atoms with Gasteiger partial charge in [0.15, 0.2) is 0 Å². The first kappa shape index (κ1) is 25.5. The third kappa shape index (κ3) is 8.43. The Morgan fingerprint density at radius 3 is 2.37 bits per heavy atom. The molecule has 0 aromatic heterocycles. The monoisotopic (exact) mass is 419 g/mol. The van der Waals surface area contributed by atoms with Crippen molar-refractivity contribution in [3.63, 3.8) is 0 Å². The fourth-order valence-corrected chi connectivity index (χ4v) is 2.99. The lowest BCUT2D eigenvalue weighted by atomic mass is 9.97. The summed E-state index contributed by atoms with van der Waals surface area (Å²) in [5, 5.41) is 5.42. The van der Waals surface area contributed by atoms with Gasteiger partial charge in [-0.1, -0.05) is 43.5 Å². The molecule has 1 aromatic rings. The highest BCUT2D eigenvalue weighted by Gasteiger charge is 2.30. The topological polar surface area (TPSA) is 87.7 Å². The SMILES string of the molecule is CCCCCNC(=O)C(c1cc(C)ccc1C)N(C)C(=O)CNC(=O)OC(C)(C)C. The molecule has 7 heteroatoms. The molecule has 168 valence electrons. The Morgan fingerprint density at radius 2 is 1.77 bits per heavy atom. The van der Waals surface area contributed by atoms with E-state index in [0.29, 0.717) is 6.54 Å². The van der Waals surface area contributed by atoms with E-state index in [4.69, 9.17) is 4.74 Å². The molecule has 0 bridgehead atoms. The maximum absolute atomic E-state index is 13.0. The molecular formula is C23H37N3O4. The summed E-state index contributed by atoms with van der Waals surface area (Å²) in [6, 6.07) is 5.07. The number of carbonyl (C=O) groups excluding carboxylic acids is 3. The predicted molar refractivity (Wildman–Crippen MR) is 118 cm³/mol. The third-order valence-electron chi connectivity index (χ3n) is 4.62. The summed E-state index contributed by atoms with van der Waals surface area (Å²) >= 11 is 0. The number of nitrogens with zero attached hydrogens (tertiary/aromatic N) is 1. The van der Waals surface area contributed by atoms with Gasteiger partial charge in [-0.25, -0.2) is 4.79 Å². The van der Waals surface area contributed by atoms with Crippen LogP contribution in [0.3, 0.4) is 0 Å². The van der Waals surface area contributed by atoms with Gasteiger partial charge in [0.05, 0.1) is 0 Å². The molecule has 7 nitrogen and oxygen atoms in total. The van der Waals surface area contributed by atoms with Gasteiger partial charge >= 0.3 is 6.09 Å². The van der Waals surface area contributed by atoms with Crippen LogP contribution in [0.25, 0.3) is 0 Å². The highest BCUT2D eigenvalue weighted by atomic mass is 16.6. The molecule has 1 unspecified atom stereocenters. The van der Waals surface area contributed by atoms with E-state index in [1.807, 2.05) is 32.0 Å². The average Bonchev–Trinajstić information content (AvgIpc) is 2.64. The molecular weight excluding hydrogens is 382 g/mol. The standard InChI is InChI=1S/C23H37N3O4/c1-8-9-10-13-24-21(28)20(18-14-16(2)11-12-17(18)3)26(7)19(27)15-25-22(29)30-23(4,5)6/h11-12,14,20H,8-10,13,15H2,1-7H3,(H,24,28)(H,25,29). The molecule has 30 heavy (non-hydrogen) atoms. The number of ether oxygens (including phenoxy) is 1. The average molecular weight is 420 g/mol. The van der Waals surface area contributed by atoms with E-state index in [-0.39, 0.29) is 18.4 Å². The quantitative estimate of drug-likeness (QED) is 0.598. The zero-order valence-electron chi connectivity index (χ0n) is 19.4. The van der Waals surface area contributed by atoms with Gasteiger partial charge < -0.3 is 20.3 Å². The van der Waals surface area contributed by atoms with Gasteiger partial charge in [-0.3, -0.25) is 9.59 Å². The number of aryl methyl sites for hydroxylation is 2. The minimum absolute atomic E-state index is 0.229. The smallest absolute Gasteiger partial charge is 0.408 e. The number of unbranched alkanes of at least 4 members (excludes halogenated alkanes) is 2. The van der Waals surface area contributed by atoms with E-state index in [1.165, 1.54) is 4.90 Å². The van der Waals surface area contributed by atoms with Crippen molar-refractivity contribution in [2.45, 2.75) is 72.4 Å². The lowest BCUT2D eigenvalue weighted by molar-refractivity contribution is -0.138. The first-order valence-electron chi connectivity index (χ1n) is 10.5. The fraction of sp³-hybridized carbons (Fsp3) is 0.609. The molecule has 1 aromatic carbocycles. The molecule has 0 saturated carbocycles. The van der Waals surface area contributed by atoms with Crippen LogP contribution in [0, 0.1) is 13.8 Å². The van der Waals surface area contributed by atoms with Gasteiger partial charge in [0, 0.05) is 13.6 Å². The Labute approximate surface area is 180 Å². The normalized spacial score (nSPS) is 12.1. The summed E-state index contributed by atoms with van der Waals surface area (Å²) in [6.07, 6.45) is 2.31. The Hall–Kier alpha value is -2.57. The zero-order valence-corrected chi connectivity index (χ0v) is 19.4. The van der Waals surface area contributed by atoms with Crippen LogP contribution in [0.5, 0.6) is 0 Å². The summed E-state index contributed by atoms with van der Waals surface area (Å²) in [6.45, 7) is 11.5. The molecule has 2 N–H and O–H groups in total. The number of nitrogens with one attached hydrogen (secondary N) is 2. The number of benzene rings is 1. The van der Waals surface area contributed by atoms with Gasteiger partial charge in [0.1, 0.15) is 18.2 Å². The van der Waals surface area contributed by atoms with Crippen LogP contribution in [-0.4, -0.2) is 48.5 Å². The van der Waals surface area contributed by atoms with Crippen LogP contribution in [0.4, 0.5) is 4.79 Å². The second kappa shape index (κ2) is 11.6. The molecule has 1 atom stereocenters. The molecule has 0 radical (unpaired) electrons. The summed E-state index contributed by atoms with van der Waals surface area (Å²) in [4.78, 5) is 39.1. The maximum atomic E-state index is 13.0. The number of hydrogen-bond donors (Lipinski definition) is 2. The number of alkyl carbamates (subject to hydrolysis) is 1. The van der Waals surface area contributed by atoms with E-state index in [1.54, 1.807) is 27.8 Å². The van der Waals surface area contributed by atoms with Crippen LogP contribution in [-0.2, 0) is 14.3 Å². The van der Waals surface area contributed by atoms with E-state index in [2.05, 4.69) is 17.6 Å². The highest BCUT2D eigenvalue weighted by Crippen LogP contribution is 2.25. The van der Waals surface area contributed by atoms with E-state index < -0.39 is 17.7 Å². The van der Waals surface area contributed by atoms with Gasteiger partial charge in [-0.05, 0) is 52.2 Å². The largest absolute Gasteiger partial charge is 0.444 e. The number of rotatable bonds is 9. The molecule has 3 amide bonds. The lowest BCUT2D eigenvalue weighted by Gasteiger charge is -2.29. The van der Waals surface area contributed by atoms with E-state index in [9.17, 15) is 14.4 Å². The van der Waals surface area contributed by atoms with Crippen molar-refractivity contribution in [1.29, 1.82) is 0 Å². The highest BCUT2D eigenvalue weighted by molar-refractivity contribution is 5.90. The van der Waals surface area contributed by atoms with Crippen LogP contribution in [0.2, 0.25) is 0 Å². The van der Waals surface area contributed by atoms with Crippen LogP contribution >= 0.6 is 0 Å². The minimum Gasteiger partial charge on any atom is -0.444 e. The van der Waals surface area contributed by atoms with Crippen LogP contribution in [0.1, 0.15) is 69.7 Å². The molecule has 0 heterocycles. The molecule has 0 aliphatic carbocycles. The molecule has 0 aliphatic heterocycles. The van der Waals surface area contributed by atoms with Gasteiger partial charge in [0.25, 0.3) is 0 Å². The van der Waals surface area contributed by atoms with Crippen molar-refractivity contribution < 1.29 is 19.1 Å². The van der Waals surface area contributed by atoms with Crippen molar-refractivity contribution in [3.05, 3.63) is 34.9 Å². The maximum Gasteiger partial charge on any atom is 0.408 e. The fourth-order valence-electron chi connectivity index (χ4n) is 2.99. The minimum atomic E-state index is -0.778. The van der Waals surface area contributed by atoms with Crippen LogP contribution in [0.15, 0.2) is 18.2 Å². The summed E-state index contributed by atoms with van der Waals surface area (Å²) in [5.41, 5.74) is 2.05. The first-order chi connectivity index (χ1) is 14.0. The number of carbonyl (C=O) groups is 3. The number of amides is 3. The Bertz CT molecular complexity index is 740. The molecule has 1 rings (SSSR count). The number of likely N-dealkylation sites (N-methyl/N-ethyl adjacent to an activating group) is 1. The summed E-state index contributed by atoms with van der Waals surface area (Å²) in [7, 11) is 1.58. The van der Waals surface area contributed by atoms with Crippen molar-refractivity contribution in [2.24, 2.45) is 0 Å². The van der Waals surface area contributed by atoms with E-state index in [0.717, 1.165) is 36.0 Å². The second-order valence-corrected chi connectivity index (χ2v) is 8.62. The van der Waals surface area contributed by atoms with Gasteiger partial charge in [0.2, 0.25) is 11.8 Å². The van der Waals surface area contributed by atoms with Crippen LogP contribution < -0.4 is 10.6 Å². The lowest BCUT2D eigenvalue weighted by Crippen LogP contribution is -2.46. The first-order valence-corrected chi connectivity index (χ1v) is 10.5. The van der Waals surface area contributed by atoms with Gasteiger partial charge in [-0.15, -0.1) is 0 Å². The summed E-state index contributed by atoms with van der Waals surface area (Å²) < 4.78 is 5.17. The van der Waals surface area contributed by atoms with Gasteiger partial charge in [-0.2, -0.15) is 0 Å². The van der Waals surface area contributed by atoms with Crippen molar-refractivity contribution in [2.75, 3.05) is 20.1 Å². The third-order valence-corrected chi connectivity index (χ3v) is 4.62. The second-order valence-electron chi connectivity index (χ2n) is 8.62.